The molecule has 0 radical (unpaired) electrons. The topological polar surface area (TPSA) is 24.5 Å². The molecule has 1 aliphatic heterocycles. The minimum atomic E-state index is 0.396. The maximum atomic E-state index is 5.19. The standard InChI is InChI=1S/C15H24N2O/c1-12(13-6-8-15(18-3)9-7-13)16-14-5-4-10-17(2)11-14/h6-9,12,14,16H,4-5,10-11H2,1-3H3/t12-,14?/m1/s1. The lowest BCUT2D eigenvalue weighted by Crippen LogP contribution is -2.44. The Morgan fingerprint density at radius 1 is 1.33 bits per heavy atom. The summed E-state index contributed by atoms with van der Waals surface area (Å²) < 4.78 is 5.19. The molecule has 100 valence electrons. The van der Waals surface area contributed by atoms with Crippen molar-refractivity contribution in [2.24, 2.45) is 0 Å². The van der Waals surface area contributed by atoms with Crippen molar-refractivity contribution < 1.29 is 4.74 Å². The summed E-state index contributed by atoms with van der Waals surface area (Å²) in [5.41, 5.74) is 1.32. The smallest absolute Gasteiger partial charge is 0.118 e. The van der Waals surface area contributed by atoms with Gasteiger partial charge in [-0.15, -0.1) is 0 Å². The first-order chi connectivity index (χ1) is 8.69. The van der Waals surface area contributed by atoms with Crippen molar-refractivity contribution >= 4 is 0 Å². The van der Waals surface area contributed by atoms with Crippen LogP contribution in [0.3, 0.4) is 0 Å². The van der Waals surface area contributed by atoms with E-state index in [1.165, 1.54) is 24.9 Å². The molecule has 18 heavy (non-hydrogen) atoms. The first kappa shape index (κ1) is 13.4. The highest BCUT2D eigenvalue weighted by atomic mass is 16.5. The Bertz CT molecular complexity index is 363. The Kier molecular flexibility index (Phi) is 4.61. The number of hydrogen-bond donors (Lipinski definition) is 1. The van der Waals surface area contributed by atoms with Gasteiger partial charge in [0.2, 0.25) is 0 Å². The number of ether oxygens (including phenoxy) is 1. The van der Waals surface area contributed by atoms with Gasteiger partial charge in [0, 0.05) is 18.6 Å². The second-order valence-electron chi connectivity index (χ2n) is 5.26. The molecule has 1 aromatic rings. The normalized spacial score (nSPS) is 22.7. The van der Waals surface area contributed by atoms with Crippen LogP contribution in [-0.2, 0) is 0 Å². The fourth-order valence-corrected chi connectivity index (χ4v) is 2.64. The molecular weight excluding hydrogens is 224 g/mol. The van der Waals surface area contributed by atoms with E-state index in [-0.39, 0.29) is 0 Å². The number of methoxy groups -OCH3 is 1. The molecule has 2 rings (SSSR count). The lowest BCUT2D eigenvalue weighted by molar-refractivity contribution is 0.218. The van der Waals surface area contributed by atoms with Gasteiger partial charge in [-0.25, -0.2) is 0 Å². The van der Waals surface area contributed by atoms with Crippen molar-refractivity contribution in [1.82, 2.24) is 10.2 Å². The highest BCUT2D eigenvalue weighted by molar-refractivity contribution is 5.28. The summed E-state index contributed by atoms with van der Waals surface area (Å²) in [5, 5.41) is 3.72. The summed E-state index contributed by atoms with van der Waals surface area (Å²) in [6.07, 6.45) is 2.58. The summed E-state index contributed by atoms with van der Waals surface area (Å²) >= 11 is 0. The third kappa shape index (κ3) is 3.47. The van der Waals surface area contributed by atoms with E-state index in [1.54, 1.807) is 7.11 Å². The number of hydrogen-bond acceptors (Lipinski definition) is 3. The second kappa shape index (κ2) is 6.21. The summed E-state index contributed by atoms with van der Waals surface area (Å²) in [6.45, 7) is 4.62. The van der Waals surface area contributed by atoms with Crippen molar-refractivity contribution in [3.05, 3.63) is 29.8 Å². The van der Waals surface area contributed by atoms with Crippen LogP contribution in [0.5, 0.6) is 5.75 Å². The van der Waals surface area contributed by atoms with Crippen molar-refractivity contribution in [2.75, 3.05) is 27.2 Å². The quantitative estimate of drug-likeness (QED) is 0.885. The Balaban J connectivity index is 1.91. The average molecular weight is 248 g/mol. The summed E-state index contributed by atoms with van der Waals surface area (Å²) in [4.78, 5) is 2.40. The van der Waals surface area contributed by atoms with E-state index in [1.807, 2.05) is 12.1 Å². The van der Waals surface area contributed by atoms with Crippen molar-refractivity contribution in [2.45, 2.75) is 31.8 Å². The lowest BCUT2D eigenvalue weighted by Gasteiger charge is -2.32. The fraction of sp³-hybridized carbons (Fsp3) is 0.600. The Morgan fingerprint density at radius 3 is 2.67 bits per heavy atom. The van der Waals surface area contributed by atoms with Crippen LogP contribution in [0.4, 0.5) is 0 Å². The molecule has 0 spiro atoms. The summed E-state index contributed by atoms with van der Waals surface area (Å²) in [6, 6.07) is 9.35. The fourth-order valence-electron chi connectivity index (χ4n) is 2.64. The van der Waals surface area contributed by atoms with Crippen molar-refractivity contribution in [3.63, 3.8) is 0 Å². The highest BCUT2D eigenvalue weighted by Gasteiger charge is 2.19. The van der Waals surface area contributed by atoms with Crippen LogP contribution >= 0.6 is 0 Å². The molecule has 1 aliphatic rings. The van der Waals surface area contributed by atoms with Crippen LogP contribution in [0.1, 0.15) is 31.4 Å². The van der Waals surface area contributed by atoms with Gasteiger partial charge >= 0.3 is 0 Å². The zero-order valence-corrected chi connectivity index (χ0v) is 11.6. The zero-order valence-electron chi connectivity index (χ0n) is 11.6. The number of benzene rings is 1. The zero-order chi connectivity index (χ0) is 13.0. The van der Waals surface area contributed by atoms with Crippen molar-refractivity contribution in [3.8, 4) is 5.75 Å². The molecule has 0 saturated carbocycles. The molecule has 0 aromatic heterocycles. The number of rotatable bonds is 4. The third-order valence-electron chi connectivity index (χ3n) is 3.73. The van der Waals surface area contributed by atoms with Crippen molar-refractivity contribution in [1.29, 1.82) is 0 Å². The van der Waals surface area contributed by atoms with Gasteiger partial charge < -0.3 is 15.0 Å². The van der Waals surface area contributed by atoms with Crippen LogP contribution in [-0.4, -0.2) is 38.2 Å². The second-order valence-corrected chi connectivity index (χ2v) is 5.26. The maximum absolute atomic E-state index is 5.19. The summed E-state index contributed by atoms with van der Waals surface area (Å²) in [7, 11) is 3.90. The maximum Gasteiger partial charge on any atom is 0.118 e. The SMILES string of the molecule is COc1ccc([C@@H](C)NC2CCCN(C)C2)cc1. The largest absolute Gasteiger partial charge is 0.497 e. The first-order valence-electron chi connectivity index (χ1n) is 6.77. The first-order valence-corrected chi connectivity index (χ1v) is 6.77. The Hall–Kier alpha value is -1.06. The van der Waals surface area contributed by atoms with E-state index in [0.717, 1.165) is 12.3 Å². The van der Waals surface area contributed by atoms with E-state index in [9.17, 15) is 0 Å². The van der Waals surface area contributed by atoms with Gasteiger partial charge in [-0.2, -0.15) is 0 Å². The third-order valence-corrected chi connectivity index (χ3v) is 3.73. The van der Waals surface area contributed by atoms with E-state index in [4.69, 9.17) is 4.74 Å². The molecule has 1 fully saturated rings. The number of nitrogens with one attached hydrogen (secondary N) is 1. The van der Waals surface area contributed by atoms with Crippen LogP contribution in [0.2, 0.25) is 0 Å². The molecule has 1 N–H and O–H groups in total. The highest BCUT2D eigenvalue weighted by Crippen LogP contribution is 2.19. The average Bonchev–Trinajstić information content (AvgIpc) is 2.39. The minimum Gasteiger partial charge on any atom is -0.497 e. The minimum absolute atomic E-state index is 0.396. The number of likely N-dealkylation sites (N-methyl/N-ethyl adjacent to an activating group) is 1. The molecule has 0 bridgehead atoms. The molecule has 3 heteroatoms. The van der Waals surface area contributed by atoms with Crippen LogP contribution < -0.4 is 10.1 Å². The Morgan fingerprint density at radius 2 is 2.06 bits per heavy atom. The predicted molar refractivity (Wildman–Crippen MR) is 75.1 cm³/mol. The van der Waals surface area contributed by atoms with Gasteiger partial charge in [-0.3, -0.25) is 0 Å². The molecule has 0 aliphatic carbocycles. The monoisotopic (exact) mass is 248 g/mol. The molecule has 1 aromatic carbocycles. The van der Waals surface area contributed by atoms with Crippen LogP contribution in [0, 0.1) is 0 Å². The summed E-state index contributed by atoms with van der Waals surface area (Å²) in [5.74, 6) is 0.920. The molecule has 1 heterocycles. The van der Waals surface area contributed by atoms with Gasteiger partial charge in [-0.1, -0.05) is 12.1 Å². The van der Waals surface area contributed by atoms with E-state index < -0.39 is 0 Å². The number of likely N-dealkylation sites (tertiary alicyclic amines) is 1. The van der Waals surface area contributed by atoms with E-state index in [2.05, 4.69) is 36.3 Å². The molecule has 2 atom stereocenters. The molecule has 0 amide bonds. The van der Waals surface area contributed by atoms with Gasteiger partial charge in [-0.05, 0) is 51.1 Å². The molecular formula is C15H24N2O. The van der Waals surface area contributed by atoms with E-state index in [0.29, 0.717) is 12.1 Å². The van der Waals surface area contributed by atoms with Crippen LogP contribution in [0.25, 0.3) is 0 Å². The molecule has 1 saturated heterocycles. The Labute approximate surface area is 110 Å². The number of piperidine rings is 1. The van der Waals surface area contributed by atoms with Gasteiger partial charge in [0.15, 0.2) is 0 Å². The predicted octanol–water partition coefficient (Wildman–Crippen LogP) is 2.44. The lowest BCUT2D eigenvalue weighted by atomic mass is 10.0. The van der Waals surface area contributed by atoms with Gasteiger partial charge in [0.25, 0.3) is 0 Å². The molecule has 1 unspecified atom stereocenters. The molecule has 3 nitrogen and oxygen atoms in total. The van der Waals surface area contributed by atoms with E-state index >= 15 is 0 Å². The number of nitrogens with zero attached hydrogens (tertiary/aromatic N) is 1. The van der Waals surface area contributed by atoms with Crippen LogP contribution in [0.15, 0.2) is 24.3 Å². The van der Waals surface area contributed by atoms with Gasteiger partial charge in [0.05, 0.1) is 7.11 Å². The van der Waals surface area contributed by atoms with Gasteiger partial charge in [0.1, 0.15) is 5.75 Å².